The number of nitrogens with zero attached hydrogens (tertiary/aromatic N) is 4. The lowest BCUT2D eigenvalue weighted by molar-refractivity contribution is -0.150. The lowest BCUT2D eigenvalue weighted by Gasteiger charge is -2.21. The van der Waals surface area contributed by atoms with Crippen molar-refractivity contribution >= 4 is 29.1 Å². The minimum Gasteiger partial charge on any atom is -0.464 e. The Kier molecular flexibility index (Phi) is 6.99. The molecule has 0 amide bonds. The Labute approximate surface area is 187 Å². The van der Waals surface area contributed by atoms with Gasteiger partial charge in [-0.25, -0.2) is 9.97 Å². The largest absolute Gasteiger partial charge is 0.464 e. The second kappa shape index (κ2) is 9.37. The predicted molar refractivity (Wildman–Crippen MR) is 118 cm³/mol. The highest BCUT2D eigenvalue weighted by Crippen LogP contribution is 2.54. The van der Waals surface area contributed by atoms with Crippen LogP contribution in [0.25, 0.3) is 11.2 Å². The number of carbonyl (C=O) groups excluding carboxylic acids is 2. The van der Waals surface area contributed by atoms with Crippen LogP contribution in [0.15, 0.2) is 12.5 Å². The van der Waals surface area contributed by atoms with Gasteiger partial charge in [0.15, 0.2) is 5.65 Å². The van der Waals surface area contributed by atoms with Crippen LogP contribution < -0.4 is 17.2 Å². The van der Waals surface area contributed by atoms with Crippen LogP contribution in [0.5, 0.6) is 0 Å². The fraction of sp³-hybridized carbons (Fsp3) is 0.667. The quantitative estimate of drug-likeness (QED) is 0.434. The van der Waals surface area contributed by atoms with Crippen molar-refractivity contribution in [2.45, 2.75) is 52.7 Å². The second-order valence-electron chi connectivity index (χ2n) is 9.35. The van der Waals surface area contributed by atoms with Gasteiger partial charge in [0, 0.05) is 17.9 Å². The van der Waals surface area contributed by atoms with Gasteiger partial charge in [-0.2, -0.15) is 4.98 Å². The third kappa shape index (κ3) is 5.16. The van der Waals surface area contributed by atoms with Gasteiger partial charge in [-0.15, -0.1) is 0 Å². The molecule has 0 bridgehead atoms. The molecular formula is C21H33N7O4. The molecule has 2 aromatic heterocycles. The van der Waals surface area contributed by atoms with Crippen molar-refractivity contribution in [3.05, 3.63) is 12.5 Å². The first-order valence-electron chi connectivity index (χ1n) is 10.8. The summed E-state index contributed by atoms with van der Waals surface area (Å²) in [5.74, 6) is -0.812. The molecule has 3 rings (SSSR count). The number of ether oxygens (including phenoxy) is 2. The Bertz CT molecular complexity index is 976. The van der Waals surface area contributed by atoms with Crippen LogP contribution in [0.1, 0.15) is 34.1 Å². The Morgan fingerprint density at radius 1 is 1.12 bits per heavy atom. The van der Waals surface area contributed by atoms with Crippen LogP contribution in [0.2, 0.25) is 0 Å². The number of aromatic nitrogens is 4. The summed E-state index contributed by atoms with van der Waals surface area (Å²) in [5, 5.41) is 0. The summed E-state index contributed by atoms with van der Waals surface area (Å²) in [5.41, 5.74) is 18.3. The molecule has 32 heavy (non-hydrogen) atoms. The highest BCUT2D eigenvalue weighted by molar-refractivity contribution is 5.76. The summed E-state index contributed by atoms with van der Waals surface area (Å²) in [6.45, 7) is 8.25. The van der Waals surface area contributed by atoms with Crippen LogP contribution >= 0.6 is 0 Å². The number of imidazole rings is 1. The van der Waals surface area contributed by atoms with Crippen LogP contribution in [-0.2, 0) is 25.6 Å². The number of rotatable bonds is 10. The maximum Gasteiger partial charge on any atom is 0.323 e. The molecule has 1 aliphatic carbocycles. The zero-order chi connectivity index (χ0) is 23.6. The van der Waals surface area contributed by atoms with E-state index in [-0.39, 0.29) is 36.9 Å². The number of esters is 2. The van der Waals surface area contributed by atoms with E-state index in [1.165, 1.54) is 0 Å². The number of hydrogen-bond donors (Lipinski definition) is 3. The van der Waals surface area contributed by atoms with Gasteiger partial charge in [-0.1, -0.05) is 27.7 Å². The van der Waals surface area contributed by atoms with E-state index >= 15 is 0 Å². The molecular weight excluding hydrogens is 414 g/mol. The summed E-state index contributed by atoms with van der Waals surface area (Å²) >= 11 is 0. The minimum absolute atomic E-state index is 0.00878. The molecule has 4 atom stereocenters. The Morgan fingerprint density at radius 3 is 2.38 bits per heavy atom. The van der Waals surface area contributed by atoms with Gasteiger partial charge in [0.05, 0.1) is 25.7 Å². The van der Waals surface area contributed by atoms with Gasteiger partial charge in [0.2, 0.25) is 5.95 Å². The molecule has 11 heteroatoms. The van der Waals surface area contributed by atoms with Gasteiger partial charge in [-0.05, 0) is 18.3 Å². The zero-order valence-corrected chi connectivity index (χ0v) is 19.0. The molecule has 11 nitrogen and oxygen atoms in total. The van der Waals surface area contributed by atoms with E-state index in [2.05, 4.69) is 15.0 Å². The first-order valence-corrected chi connectivity index (χ1v) is 10.8. The van der Waals surface area contributed by atoms with E-state index in [1.54, 1.807) is 12.5 Å². The molecule has 1 aliphatic rings. The summed E-state index contributed by atoms with van der Waals surface area (Å²) < 4.78 is 12.9. The van der Waals surface area contributed by atoms with Gasteiger partial charge < -0.3 is 31.2 Å². The Hall–Kier alpha value is -2.79. The van der Waals surface area contributed by atoms with Crippen molar-refractivity contribution in [1.29, 1.82) is 0 Å². The normalized spacial score (nSPS) is 22.2. The molecule has 1 saturated carbocycles. The van der Waals surface area contributed by atoms with E-state index in [4.69, 9.17) is 26.7 Å². The first kappa shape index (κ1) is 23.9. The molecule has 0 radical (unpaired) electrons. The summed E-state index contributed by atoms with van der Waals surface area (Å²) in [4.78, 5) is 37.1. The van der Waals surface area contributed by atoms with Gasteiger partial charge in [0.25, 0.3) is 0 Å². The average Bonchev–Trinajstić information content (AvgIpc) is 3.30. The number of anilines is 1. The third-order valence-electron chi connectivity index (χ3n) is 6.13. The summed E-state index contributed by atoms with van der Waals surface area (Å²) in [6, 6.07) is -1.38. The van der Waals surface area contributed by atoms with Crippen molar-refractivity contribution in [2.24, 2.45) is 34.6 Å². The van der Waals surface area contributed by atoms with Crippen LogP contribution in [0.4, 0.5) is 5.95 Å². The maximum atomic E-state index is 12.4. The van der Waals surface area contributed by atoms with Crippen LogP contribution in [-0.4, -0.2) is 56.8 Å². The maximum absolute atomic E-state index is 12.4. The van der Waals surface area contributed by atoms with Crippen molar-refractivity contribution in [3.8, 4) is 0 Å². The number of hydrogen-bond acceptors (Lipinski definition) is 10. The molecule has 0 spiro atoms. The summed E-state index contributed by atoms with van der Waals surface area (Å²) in [6.07, 6.45) is 3.90. The SMILES string of the molecule is CC(C)[C@H](N)C(=O)OCC1CC1(COC(=O)[C@@H](N)C(C)C)Cn1cnc2cnc(N)nc21. The van der Waals surface area contributed by atoms with Gasteiger partial charge >= 0.3 is 11.9 Å². The van der Waals surface area contributed by atoms with E-state index < -0.39 is 29.4 Å². The van der Waals surface area contributed by atoms with Gasteiger partial charge in [-0.3, -0.25) is 9.59 Å². The second-order valence-corrected chi connectivity index (χ2v) is 9.35. The van der Waals surface area contributed by atoms with Crippen LogP contribution in [0, 0.1) is 23.2 Å². The molecule has 0 aliphatic heterocycles. The average molecular weight is 448 g/mol. The van der Waals surface area contributed by atoms with E-state index in [9.17, 15) is 9.59 Å². The Morgan fingerprint density at radius 2 is 1.75 bits per heavy atom. The molecule has 0 saturated heterocycles. The van der Waals surface area contributed by atoms with Crippen molar-refractivity contribution in [1.82, 2.24) is 19.5 Å². The standard InChI is InChI=1S/C21H33N7O4/c1-11(2)15(22)18(29)31-7-13-5-21(13,9-32-19(30)16(23)12(3)4)8-28-10-26-14-6-25-20(24)27-17(14)28/h6,10-13,15-16H,5,7-9,22-23H2,1-4H3,(H2,24,25,27)/t13?,15-,16-,21?/m0/s1. The number of carbonyl (C=O) groups is 2. The zero-order valence-electron chi connectivity index (χ0n) is 19.0. The highest BCUT2D eigenvalue weighted by atomic mass is 16.5. The molecule has 2 aromatic rings. The monoisotopic (exact) mass is 447 g/mol. The predicted octanol–water partition coefficient (Wildman–Crippen LogP) is 0.468. The van der Waals surface area contributed by atoms with Crippen molar-refractivity contribution in [2.75, 3.05) is 18.9 Å². The summed E-state index contributed by atoms with van der Waals surface area (Å²) in [7, 11) is 0. The number of nitrogens with two attached hydrogens (primary N) is 3. The molecule has 1 fully saturated rings. The van der Waals surface area contributed by atoms with E-state index in [0.29, 0.717) is 24.1 Å². The van der Waals surface area contributed by atoms with E-state index in [1.807, 2.05) is 32.3 Å². The Balaban J connectivity index is 1.74. The van der Waals surface area contributed by atoms with Gasteiger partial charge in [0.1, 0.15) is 17.6 Å². The minimum atomic E-state index is -0.701. The number of nitrogen functional groups attached to an aromatic ring is 1. The molecule has 2 unspecified atom stereocenters. The fourth-order valence-electron chi connectivity index (χ4n) is 3.54. The third-order valence-corrected chi connectivity index (χ3v) is 6.13. The lowest BCUT2D eigenvalue weighted by atomic mass is 10.0. The molecule has 0 aromatic carbocycles. The fourth-order valence-corrected chi connectivity index (χ4v) is 3.54. The van der Waals surface area contributed by atoms with Crippen molar-refractivity contribution < 1.29 is 19.1 Å². The smallest absolute Gasteiger partial charge is 0.323 e. The van der Waals surface area contributed by atoms with E-state index in [0.717, 1.165) is 0 Å². The van der Waals surface area contributed by atoms with Crippen molar-refractivity contribution in [3.63, 3.8) is 0 Å². The first-order chi connectivity index (χ1) is 15.0. The lowest BCUT2D eigenvalue weighted by Crippen LogP contribution is -2.39. The molecule has 176 valence electrons. The number of fused-ring (bicyclic) bond motifs is 1. The topological polar surface area (TPSA) is 174 Å². The molecule has 2 heterocycles. The van der Waals surface area contributed by atoms with Crippen LogP contribution in [0.3, 0.4) is 0 Å². The molecule has 6 N–H and O–H groups in total. The highest BCUT2D eigenvalue weighted by Gasteiger charge is 2.56.